The molecule has 2 atom stereocenters. The molecule has 21 heavy (non-hydrogen) atoms. The van der Waals surface area contributed by atoms with Gasteiger partial charge in [0.2, 0.25) is 0 Å². The summed E-state index contributed by atoms with van der Waals surface area (Å²) in [7, 11) is 0. The van der Waals surface area contributed by atoms with Gasteiger partial charge in [-0.25, -0.2) is 9.59 Å². The number of carbonyl (C=O) groups is 2. The molecule has 4 heteroatoms. The highest BCUT2D eigenvalue weighted by Crippen LogP contribution is 2.27. The molecule has 1 aliphatic rings. The predicted octanol–water partition coefficient (Wildman–Crippen LogP) is 3.60. The summed E-state index contributed by atoms with van der Waals surface area (Å²) in [5, 5.41) is 0. The average Bonchev–Trinajstić information content (AvgIpc) is 2.50. The van der Waals surface area contributed by atoms with Gasteiger partial charge in [-0.1, -0.05) is 19.4 Å². The normalized spacial score (nSPS) is 21.6. The maximum absolute atomic E-state index is 12.2. The molecule has 1 aliphatic carbocycles. The first-order valence-corrected chi connectivity index (χ1v) is 7.60. The number of esters is 2. The first-order chi connectivity index (χ1) is 10.1. The van der Waals surface area contributed by atoms with Crippen LogP contribution in [0.2, 0.25) is 0 Å². The van der Waals surface area contributed by atoms with Crippen molar-refractivity contribution in [3.8, 4) is 0 Å². The standard InChI is InChI=1S/C17H22O4/c1-3-20-16(18)13-8-6-9-14(11-13)17(19)21-15-10-5-4-7-12(15)2/h6,8-9,11-12,15H,3-5,7,10H2,1-2H3. The molecular formula is C17H22O4. The first kappa shape index (κ1) is 15.5. The van der Waals surface area contributed by atoms with E-state index < -0.39 is 5.97 Å². The van der Waals surface area contributed by atoms with Gasteiger partial charge < -0.3 is 9.47 Å². The van der Waals surface area contributed by atoms with Crippen molar-refractivity contribution in [2.45, 2.75) is 45.6 Å². The van der Waals surface area contributed by atoms with Crippen LogP contribution in [0, 0.1) is 5.92 Å². The number of hydrogen-bond donors (Lipinski definition) is 0. The summed E-state index contributed by atoms with van der Waals surface area (Å²) in [4.78, 5) is 23.9. The fourth-order valence-electron chi connectivity index (χ4n) is 2.65. The minimum absolute atomic E-state index is 0.0162. The van der Waals surface area contributed by atoms with E-state index in [0.717, 1.165) is 19.3 Å². The molecule has 114 valence electrons. The number of carbonyl (C=O) groups excluding carboxylic acids is 2. The zero-order chi connectivity index (χ0) is 15.2. The van der Waals surface area contributed by atoms with Crippen molar-refractivity contribution in [3.63, 3.8) is 0 Å². The minimum atomic E-state index is -0.418. The van der Waals surface area contributed by atoms with Crippen LogP contribution in [0.4, 0.5) is 0 Å². The van der Waals surface area contributed by atoms with E-state index in [0.29, 0.717) is 23.7 Å². The number of ether oxygens (including phenoxy) is 2. The van der Waals surface area contributed by atoms with Crippen LogP contribution >= 0.6 is 0 Å². The molecule has 0 amide bonds. The molecule has 1 saturated carbocycles. The van der Waals surface area contributed by atoms with E-state index in [1.165, 1.54) is 12.5 Å². The summed E-state index contributed by atoms with van der Waals surface area (Å²) < 4.78 is 10.5. The SMILES string of the molecule is CCOC(=O)c1cccc(C(=O)OC2CCCCC2C)c1. The topological polar surface area (TPSA) is 52.6 Å². The van der Waals surface area contributed by atoms with Crippen LogP contribution in [0.15, 0.2) is 24.3 Å². The lowest BCUT2D eigenvalue weighted by Gasteiger charge is -2.28. The molecule has 0 aliphatic heterocycles. The molecule has 1 fully saturated rings. The Morgan fingerprint density at radius 1 is 1.14 bits per heavy atom. The van der Waals surface area contributed by atoms with E-state index in [1.54, 1.807) is 25.1 Å². The third kappa shape index (κ3) is 4.06. The summed E-state index contributed by atoms with van der Waals surface area (Å²) in [6.45, 7) is 4.18. The van der Waals surface area contributed by atoms with Gasteiger partial charge in [0.15, 0.2) is 0 Å². The summed E-state index contributed by atoms with van der Waals surface area (Å²) in [6, 6.07) is 6.51. The van der Waals surface area contributed by atoms with E-state index in [2.05, 4.69) is 6.92 Å². The van der Waals surface area contributed by atoms with Crippen molar-refractivity contribution in [1.29, 1.82) is 0 Å². The lowest BCUT2D eigenvalue weighted by atomic mass is 9.88. The summed E-state index contributed by atoms with van der Waals surface area (Å²) >= 11 is 0. The van der Waals surface area contributed by atoms with E-state index in [-0.39, 0.29) is 12.1 Å². The monoisotopic (exact) mass is 290 g/mol. The molecule has 0 spiro atoms. The van der Waals surface area contributed by atoms with Gasteiger partial charge in [0.1, 0.15) is 6.10 Å². The number of rotatable bonds is 4. The second kappa shape index (κ2) is 7.25. The Balaban J connectivity index is 2.05. The lowest BCUT2D eigenvalue weighted by Crippen LogP contribution is -2.28. The number of benzene rings is 1. The van der Waals surface area contributed by atoms with Crippen LogP contribution in [0.3, 0.4) is 0 Å². The quantitative estimate of drug-likeness (QED) is 0.795. The third-order valence-corrected chi connectivity index (χ3v) is 3.90. The molecule has 2 unspecified atom stereocenters. The van der Waals surface area contributed by atoms with Gasteiger partial charge in [0, 0.05) is 0 Å². The van der Waals surface area contributed by atoms with E-state index in [4.69, 9.17) is 9.47 Å². The molecule has 0 radical (unpaired) electrons. The summed E-state index contributed by atoms with van der Waals surface area (Å²) in [5.41, 5.74) is 0.779. The van der Waals surface area contributed by atoms with Crippen molar-refractivity contribution in [3.05, 3.63) is 35.4 Å². The van der Waals surface area contributed by atoms with Crippen LogP contribution in [-0.2, 0) is 9.47 Å². The molecule has 1 aromatic carbocycles. The third-order valence-electron chi connectivity index (χ3n) is 3.90. The fraction of sp³-hybridized carbons (Fsp3) is 0.529. The second-order valence-electron chi connectivity index (χ2n) is 5.51. The minimum Gasteiger partial charge on any atom is -0.462 e. The Hall–Kier alpha value is -1.84. The molecule has 0 bridgehead atoms. The second-order valence-corrected chi connectivity index (χ2v) is 5.51. The van der Waals surface area contributed by atoms with Gasteiger partial charge in [-0.3, -0.25) is 0 Å². The van der Waals surface area contributed by atoms with Crippen molar-refractivity contribution in [2.75, 3.05) is 6.61 Å². The van der Waals surface area contributed by atoms with Crippen molar-refractivity contribution in [1.82, 2.24) is 0 Å². The van der Waals surface area contributed by atoms with E-state index in [9.17, 15) is 9.59 Å². The molecule has 1 aromatic rings. The molecule has 0 heterocycles. The Morgan fingerprint density at radius 3 is 2.48 bits per heavy atom. The first-order valence-electron chi connectivity index (χ1n) is 7.60. The van der Waals surface area contributed by atoms with Crippen LogP contribution in [-0.4, -0.2) is 24.6 Å². The predicted molar refractivity (Wildman–Crippen MR) is 79.2 cm³/mol. The summed E-state index contributed by atoms with van der Waals surface area (Å²) in [5.74, 6) is -0.381. The molecule has 0 aromatic heterocycles. The zero-order valence-electron chi connectivity index (χ0n) is 12.6. The highest BCUT2D eigenvalue weighted by molar-refractivity contribution is 5.95. The molecular weight excluding hydrogens is 268 g/mol. The van der Waals surface area contributed by atoms with Crippen LogP contribution in [0.5, 0.6) is 0 Å². The fourth-order valence-corrected chi connectivity index (χ4v) is 2.65. The largest absolute Gasteiger partial charge is 0.462 e. The highest BCUT2D eigenvalue weighted by Gasteiger charge is 2.25. The summed E-state index contributed by atoms with van der Waals surface area (Å²) in [6.07, 6.45) is 4.31. The van der Waals surface area contributed by atoms with Gasteiger partial charge in [0.05, 0.1) is 17.7 Å². The van der Waals surface area contributed by atoms with Crippen molar-refractivity contribution >= 4 is 11.9 Å². The van der Waals surface area contributed by atoms with Gasteiger partial charge in [-0.15, -0.1) is 0 Å². The maximum Gasteiger partial charge on any atom is 0.338 e. The van der Waals surface area contributed by atoms with Crippen LogP contribution in [0.25, 0.3) is 0 Å². The van der Waals surface area contributed by atoms with Crippen LogP contribution < -0.4 is 0 Å². The average molecular weight is 290 g/mol. The Morgan fingerprint density at radius 2 is 1.81 bits per heavy atom. The van der Waals surface area contributed by atoms with Gasteiger partial charge in [0.25, 0.3) is 0 Å². The highest BCUT2D eigenvalue weighted by atomic mass is 16.5. The maximum atomic E-state index is 12.2. The molecule has 0 N–H and O–H groups in total. The van der Waals surface area contributed by atoms with Gasteiger partial charge in [-0.05, 0) is 50.3 Å². The van der Waals surface area contributed by atoms with E-state index >= 15 is 0 Å². The molecule has 0 saturated heterocycles. The molecule has 4 nitrogen and oxygen atoms in total. The van der Waals surface area contributed by atoms with E-state index in [1.807, 2.05) is 0 Å². The van der Waals surface area contributed by atoms with Crippen molar-refractivity contribution in [2.24, 2.45) is 5.92 Å². The van der Waals surface area contributed by atoms with Gasteiger partial charge in [-0.2, -0.15) is 0 Å². The molecule has 2 rings (SSSR count). The van der Waals surface area contributed by atoms with Gasteiger partial charge >= 0.3 is 11.9 Å². The number of hydrogen-bond acceptors (Lipinski definition) is 4. The smallest absolute Gasteiger partial charge is 0.338 e. The zero-order valence-corrected chi connectivity index (χ0v) is 12.6. The Labute approximate surface area is 125 Å². The lowest BCUT2D eigenvalue weighted by molar-refractivity contribution is 0.00481. The Bertz CT molecular complexity index is 509. The Kier molecular flexibility index (Phi) is 5.37. The van der Waals surface area contributed by atoms with Crippen molar-refractivity contribution < 1.29 is 19.1 Å². The van der Waals surface area contributed by atoms with Crippen LogP contribution in [0.1, 0.15) is 60.2 Å².